The molecule has 0 unspecified atom stereocenters. The molecule has 0 aromatic heterocycles. The smallest absolute Gasteiger partial charge is 0.289 e. The van der Waals surface area contributed by atoms with Gasteiger partial charge in [-0.3, -0.25) is 4.90 Å². The Balaban J connectivity index is 0.00000220. The number of aliphatic hydroxyl groups excluding tert-OH is 1. The van der Waals surface area contributed by atoms with Crippen LogP contribution in [0.5, 0.6) is 0 Å². The summed E-state index contributed by atoms with van der Waals surface area (Å²) in [6, 6.07) is 2.37. The number of rotatable bonds is 4. The topological polar surface area (TPSA) is 35.5 Å². The molecule has 3 nitrogen and oxygen atoms in total. The van der Waals surface area contributed by atoms with Gasteiger partial charge in [0.15, 0.2) is 0 Å². The maximum atomic E-state index is 14.1. The first-order valence-corrected chi connectivity index (χ1v) is 7.13. The normalized spacial score (nSPS) is 18.1. The largest absolute Gasteiger partial charge is 0.390 e. The van der Waals surface area contributed by atoms with E-state index in [1.54, 1.807) is 4.90 Å². The quantitative estimate of drug-likeness (QED) is 0.831. The second-order valence-electron chi connectivity index (χ2n) is 4.77. The second kappa shape index (κ2) is 7.78. The second-order valence-corrected chi connectivity index (χ2v) is 5.63. The third-order valence-electron chi connectivity index (χ3n) is 3.38. The standard InChI is InChI=1S/C13H16BrF3N2O.ClH/c14-11-2-1-9(15)7-10(11)12(13(16,17)8-20)19-5-3-18-4-6-19;/h1-2,7,12,18,20H,3-6,8H2;1H/t12-;/m0./s1. The highest BCUT2D eigenvalue weighted by atomic mass is 79.9. The molecule has 1 fully saturated rings. The van der Waals surface area contributed by atoms with Gasteiger partial charge in [-0.2, -0.15) is 0 Å². The Bertz CT molecular complexity index is 473. The van der Waals surface area contributed by atoms with Crippen molar-refractivity contribution >= 4 is 28.3 Å². The molecule has 0 bridgehead atoms. The Labute approximate surface area is 136 Å². The maximum absolute atomic E-state index is 14.1. The van der Waals surface area contributed by atoms with Gasteiger partial charge < -0.3 is 10.4 Å². The van der Waals surface area contributed by atoms with Crippen molar-refractivity contribution in [2.45, 2.75) is 12.0 Å². The van der Waals surface area contributed by atoms with E-state index in [0.29, 0.717) is 30.7 Å². The van der Waals surface area contributed by atoms with Gasteiger partial charge in [-0.05, 0) is 23.8 Å². The van der Waals surface area contributed by atoms with Gasteiger partial charge in [-0.25, -0.2) is 13.2 Å². The van der Waals surface area contributed by atoms with Gasteiger partial charge in [-0.15, -0.1) is 12.4 Å². The number of benzene rings is 1. The number of hydrogen-bond acceptors (Lipinski definition) is 3. The molecule has 8 heteroatoms. The van der Waals surface area contributed by atoms with E-state index in [9.17, 15) is 13.2 Å². The molecule has 2 N–H and O–H groups in total. The van der Waals surface area contributed by atoms with E-state index in [-0.39, 0.29) is 18.0 Å². The molecule has 2 rings (SSSR count). The van der Waals surface area contributed by atoms with Crippen LogP contribution in [0.3, 0.4) is 0 Å². The minimum Gasteiger partial charge on any atom is -0.390 e. The highest BCUT2D eigenvalue weighted by Gasteiger charge is 2.44. The lowest BCUT2D eigenvalue weighted by Gasteiger charge is -2.39. The average Bonchev–Trinajstić information content (AvgIpc) is 2.44. The summed E-state index contributed by atoms with van der Waals surface area (Å²) < 4.78 is 42.1. The van der Waals surface area contributed by atoms with Crippen LogP contribution in [-0.4, -0.2) is 48.7 Å². The third-order valence-corrected chi connectivity index (χ3v) is 4.10. The Morgan fingerprint density at radius 3 is 2.52 bits per heavy atom. The van der Waals surface area contributed by atoms with Gasteiger partial charge in [0.05, 0.1) is 0 Å². The summed E-state index contributed by atoms with van der Waals surface area (Å²) in [5.74, 6) is -3.91. The molecule has 1 aliphatic heterocycles. The summed E-state index contributed by atoms with van der Waals surface area (Å²) >= 11 is 3.20. The minimum atomic E-state index is -3.34. The molecule has 1 saturated heterocycles. The van der Waals surface area contributed by atoms with Crippen LogP contribution in [0.15, 0.2) is 22.7 Å². The van der Waals surface area contributed by atoms with Crippen LogP contribution in [0.25, 0.3) is 0 Å². The lowest BCUT2D eigenvalue weighted by atomic mass is 9.98. The number of piperazine rings is 1. The molecule has 120 valence electrons. The molecule has 1 aromatic carbocycles. The first kappa shape index (κ1) is 18.7. The number of nitrogens with one attached hydrogen (secondary N) is 1. The SMILES string of the molecule is Cl.OCC(F)(F)[C@H](c1cc(F)ccc1Br)N1CCNCC1. The monoisotopic (exact) mass is 388 g/mol. The fourth-order valence-electron chi connectivity index (χ4n) is 2.44. The van der Waals surface area contributed by atoms with Crippen LogP contribution in [0.2, 0.25) is 0 Å². The molecular formula is C13H17BrClF3N2O. The first-order chi connectivity index (χ1) is 9.45. The van der Waals surface area contributed by atoms with E-state index in [1.807, 2.05) is 0 Å². The molecular weight excluding hydrogens is 373 g/mol. The summed E-state index contributed by atoms with van der Waals surface area (Å²) in [5, 5.41) is 12.1. The number of alkyl halides is 2. The third kappa shape index (κ3) is 4.32. The Morgan fingerprint density at radius 2 is 1.95 bits per heavy atom. The van der Waals surface area contributed by atoms with Crippen molar-refractivity contribution in [2.75, 3.05) is 32.8 Å². The fourth-order valence-corrected chi connectivity index (χ4v) is 2.91. The van der Waals surface area contributed by atoms with E-state index < -0.39 is 24.4 Å². The maximum Gasteiger partial charge on any atom is 0.289 e. The Kier molecular flexibility index (Phi) is 6.93. The van der Waals surface area contributed by atoms with Crippen molar-refractivity contribution < 1.29 is 18.3 Å². The van der Waals surface area contributed by atoms with Gasteiger partial charge in [0.25, 0.3) is 5.92 Å². The zero-order valence-corrected chi connectivity index (χ0v) is 13.6. The molecule has 0 amide bonds. The van der Waals surface area contributed by atoms with Gasteiger partial charge in [0, 0.05) is 30.7 Å². The summed E-state index contributed by atoms with van der Waals surface area (Å²) in [4.78, 5) is 1.58. The Hall–Kier alpha value is -0.340. The molecule has 1 aromatic rings. The Morgan fingerprint density at radius 1 is 1.33 bits per heavy atom. The van der Waals surface area contributed by atoms with Crippen LogP contribution in [0, 0.1) is 5.82 Å². The highest BCUT2D eigenvalue weighted by Crippen LogP contribution is 2.39. The van der Waals surface area contributed by atoms with Gasteiger partial charge >= 0.3 is 0 Å². The zero-order valence-electron chi connectivity index (χ0n) is 11.2. The van der Waals surface area contributed by atoms with Crippen LogP contribution in [-0.2, 0) is 0 Å². The number of hydrogen-bond donors (Lipinski definition) is 2. The summed E-state index contributed by atoms with van der Waals surface area (Å²) in [7, 11) is 0. The number of halogens is 5. The first-order valence-electron chi connectivity index (χ1n) is 6.34. The highest BCUT2D eigenvalue weighted by molar-refractivity contribution is 9.10. The minimum absolute atomic E-state index is 0. The molecule has 1 atom stereocenters. The van der Waals surface area contributed by atoms with Crippen LogP contribution in [0.4, 0.5) is 13.2 Å². The van der Waals surface area contributed by atoms with E-state index in [0.717, 1.165) is 6.07 Å². The molecule has 21 heavy (non-hydrogen) atoms. The summed E-state index contributed by atoms with van der Waals surface area (Å²) in [5.41, 5.74) is 0.158. The van der Waals surface area contributed by atoms with E-state index >= 15 is 0 Å². The van der Waals surface area contributed by atoms with Crippen molar-refractivity contribution in [2.24, 2.45) is 0 Å². The van der Waals surface area contributed by atoms with Crippen molar-refractivity contribution in [3.05, 3.63) is 34.1 Å². The summed E-state index contributed by atoms with van der Waals surface area (Å²) in [6.45, 7) is 0.743. The van der Waals surface area contributed by atoms with E-state index in [2.05, 4.69) is 21.2 Å². The van der Waals surface area contributed by atoms with Crippen molar-refractivity contribution in [3.8, 4) is 0 Å². The zero-order chi connectivity index (χ0) is 14.8. The van der Waals surface area contributed by atoms with Crippen molar-refractivity contribution in [3.63, 3.8) is 0 Å². The van der Waals surface area contributed by atoms with Crippen molar-refractivity contribution in [1.29, 1.82) is 0 Å². The van der Waals surface area contributed by atoms with Crippen LogP contribution >= 0.6 is 28.3 Å². The molecule has 1 aliphatic rings. The number of aliphatic hydroxyl groups is 1. The fraction of sp³-hybridized carbons (Fsp3) is 0.538. The lowest BCUT2D eigenvalue weighted by Crippen LogP contribution is -2.51. The van der Waals surface area contributed by atoms with E-state index in [4.69, 9.17) is 5.11 Å². The molecule has 0 aliphatic carbocycles. The van der Waals surface area contributed by atoms with Crippen LogP contribution < -0.4 is 5.32 Å². The summed E-state index contributed by atoms with van der Waals surface area (Å²) in [6.07, 6.45) is 0. The van der Waals surface area contributed by atoms with Gasteiger partial charge in [-0.1, -0.05) is 15.9 Å². The molecule has 0 radical (unpaired) electrons. The van der Waals surface area contributed by atoms with E-state index in [1.165, 1.54) is 12.1 Å². The number of nitrogens with zero attached hydrogens (tertiary/aromatic N) is 1. The van der Waals surface area contributed by atoms with Crippen molar-refractivity contribution in [1.82, 2.24) is 10.2 Å². The molecule has 1 heterocycles. The lowest BCUT2D eigenvalue weighted by molar-refractivity contribution is -0.118. The predicted octanol–water partition coefficient (Wildman–Crippen LogP) is 2.58. The average molecular weight is 390 g/mol. The van der Waals surface area contributed by atoms with Crippen LogP contribution in [0.1, 0.15) is 11.6 Å². The van der Waals surface area contributed by atoms with Gasteiger partial charge in [0.2, 0.25) is 0 Å². The van der Waals surface area contributed by atoms with Gasteiger partial charge in [0.1, 0.15) is 18.5 Å². The molecule has 0 saturated carbocycles. The predicted molar refractivity (Wildman–Crippen MR) is 80.6 cm³/mol. The molecule has 0 spiro atoms.